The second-order valence-corrected chi connectivity index (χ2v) is 6.11. The predicted octanol–water partition coefficient (Wildman–Crippen LogP) is 1.40. The third kappa shape index (κ3) is 6.18. The van der Waals surface area contributed by atoms with E-state index >= 15 is 0 Å². The van der Waals surface area contributed by atoms with Crippen molar-refractivity contribution in [2.24, 2.45) is 12.0 Å². The molecule has 0 spiro atoms. The number of nitrogens with one attached hydrogen (secondary N) is 1. The van der Waals surface area contributed by atoms with E-state index in [1.807, 2.05) is 51.6 Å². The summed E-state index contributed by atoms with van der Waals surface area (Å²) in [6.07, 6.45) is 3.85. The quantitative estimate of drug-likeness (QED) is 0.509. The zero-order chi connectivity index (χ0) is 19.6. The minimum absolute atomic E-state index is 0.0372. The third-order valence-corrected chi connectivity index (χ3v) is 3.86. The number of aliphatic hydroxyl groups is 1. The summed E-state index contributed by atoms with van der Waals surface area (Å²) in [4.78, 5) is 6.79. The first-order valence-corrected chi connectivity index (χ1v) is 8.95. The predicted molar refractivity (Wildman–Crippen MR) is 105 cm³/mol. The number of aromatic nitrogens is 2. The molecule has 2 rings (SSSR count). The van der Waals surface area contributed by atoms with Gasteiger partial charge in [0.25, 0.3) is 0 Å². The molecule has 0 radical (unpaired) electrons. The average molecular weight is 375 g/mol. The Morgan fingerprint density at radius 3 is 2.78 bits per heavy atom. The van der Waals surface area contributed by atoms with Crippen molar-refractivity contribution in [3.05, 3.63) is 41.7 Å². The van der Waals surface area contributed by atoms with Crippen molar-refractivity contribution in [3.63, 3.8) is 0 Å². The van der Waals surface area contributed by atoms with Crippen LogP contribution in [0.5, 0.6) is 11.5 Å². The molecule has 0 fully saturated rings. The average Bonchev–Trinajstić information content (AvgIpc) is 3.08. The Bertz CT molecular complexity index is 745. The van der Waals surface area contributed by atoms with Gasteiger partial charge in [0.1, 0.15) is 6.61 Å². The lowest BCUT2D eigenvalue weighted by Gasteiger charge is -2.21. The zero-order valence-corrected chi connectivity index (χ0v) is 16.5. The van der Waals surface area contributed by atoms with Crippen LogP contribution in [0.3, 0.4) is 0 Å². The van der Waals surface area contributed by atoms with Crippen LogP contribution in [0.15, 0.2) is 35.6 Å². The fraction of sp³-hybridized carbons (Fsp3) is 0.474. The standard InChI is InChI=1S/C19H29N5O3/c1-5-20-19(23(2)13-16-12-22-24(3)14-16)21-11-15-6-7-17(27-9-8-25)18(10-15)26-4/h6-7,10,12,14,25H,5,8-9,11,13H2,1-4H3,(H,20,21). The van der Waals surface area contributed by atoms with Crippen molar-refractivity contribution in [1.82, 2.24) is 20.0 Å². The fourth-order valence-corrected chi connectivity index (χ4v) is 2.62. The third-order valence-electron chi connectivity index (χ3n) is 3.86. The molecule has 2 N–H and O–H groups in total. The number of aliphatic hydroxyl groups excluding tert-OH is 1. The molecular weight excluding hydrogens is 346 g/mol. The minimum Gasteiger partial charge on any atom is -0.493 e. The number of aliphatic imine (C=N–C) groups is 1. The van der Waals surface area contributed by atoms with Crippen molar-refractivity contribution in [1.29, 1.82) is 0 Å². The van der Waals surface area contributed by atoms with Gasteiger partial charge in [-0.15, -0.1) is 0 Å². The Kier molecular flexibility index (Phi) is 7.94. The van der Waals surface area contributed by atoms with E-state index in [2.05, 4.69) is 15.3 Å². The monoisotopic (exact) mass is 375 g/mol. The Hall–Kier alpha value is -2.74. The van der Waals surface area contributed by atoms with Gasteiger partial charge in [-0.3, -0.25) is 4.68 Å². The Labute approximate surface area is 160 Å². The summed E-state index contributed by atoms with van der Waals surface area (Å²) >= 11 is 0. The van der Waals surface area contributed by atoms with E-state index in [4.69, 9.17) is 19.6 Å². The molecule has 2 aromatic rings. The highest BCUT2D eigenvalue weighted by atomic mass is 16.5. The molecule has 8 nitrogen and oxygen atoms in total. The Morgan fingerprint density at radius 2 is 2.15 bits per heavy atom. The van der Waals surface area contributed by atoms with Crippen molar-refractivity contribution < 1.29 is 14.6 Å². The van der Waals surface area contributed by atoms with Crippen LogP contribution in [-0.2, 0) is 20.1 Å². The molecule has 0 aliphatic heterocycles. The van der Waals surface area contributed by atoms with Gasteiger partial charge in [0, 0.05) is 38.9 Å². The smallest absolute Gasteiger partial charge is 0.194 e. The van der Waals surface area contributed by atoms with Crippen LogP contribution in [0, 0.1) is 0 Å². The lowest BCUT2D eigenvalue weighted by Crippen LogP contribution is -2.38. The maximum atomic E-state index is 8.90. The van der Waals surface area contributed by atoms with E-state index in [1.54, 1.807) is 11.8 Å². The SMILES string of the molecule is CCNC(=NCc1ccc(OCCO)c(OC)c1)N(C)Cc1cnn(C)c1. The number of benzene rings is 1. The van der Waals surface area contributed by atoms with Gasteiger partial charge in [-0.05, 0) is 24.6 Å². The summed E-state index contributed by atoms with van der Waals surface area (Å²) < 4.78 is 12.6. The van der Waals surface area contributed by atoms with Crippen molar-refractivity contribution in [3.8, 4) is 11.5 Å². The molecule has 0 atom stereocenters. The van der Waals surface area contributed by atoms with Gasteiger partial charge in [0.2, 0.25) is 0 Å². The maximum Gasteiger partial charge on any atom is 0.194 e. The summed E-state index contributed by atoms with van der Waals surface area (Å²) in [5.74, 6) is 2.06. The van der Waals surface area contributed by atoms with Crippen LogP contribution >= 0.6 is 0 Å². The summed E-state index contributed by atoms with van der Waals surface area (Å²) in [7, 11) is 5.50. The van der Waals surface area contributed by atoms with Gasteiger partial charge in [-0.1, -0.05) is 6.07 Å². The number of hydrogen-bond acceptors (Lipinski definition) is 5. The van der Waals surface area contributed by atoms with Crippen LogP contribution < -0.4 is 14.8 Å². The molecule has 0 bridgehead atoms. The first-order chi connectivity index (χ1) is 13.1. The number of hydrogen-bond donors (Lipinski definition) is 2. The molecule has 1 aromatic heterocycles. The van der Waals surface area contributed by atoms with E-state index in [0.717, 1.165) is 30.2 Å². The van der Waals surface area contributed by atoms with Crippen LogP contribution in [0.2, 0.25) is 0 Å². The largest absolute Gasteiger partial charge is 0.493 e. The second kappa shape index (κ2) is 10.4. The molecule has 0 amide bonds. The van der Waals surface area contributed by atoms with E-state index in [1.165, 1.54) is 0 Å². The molecule has 0 unspecified atom stereocenters. The van der Waals surface area contributed by atoms with E-state index in [-0.39, 0.29) is 13.2 Å². The molecular formula is C19H29N5O3. The van der Waals surface area contributed by atoms with E-state index < -0.39 is 0 Å². The van der Waals surface area contributed by atoms with Gasteiger partial charge < -0.3 is 24.8 Å². The normalized spacial score (nSPS) is 11.4. The van der Waals surface area contributed by atoms with Crippen LogP contribution in [0.1, 0.15) is 18.1 Å². The Balaban J connectivity index is 2.08. The van der Waals surface area contributed by atoms with Gasteiger partial charge in [0.15, 0.2) is 17.5 Å². The second-order valence-electron chi connectivity index (χ2n) is 6.11. The number of ether oxygens (including phenoxy) is 2. The van der Waals surface area contributed by atoms with E-state index in [9.17, 15) is 0 Å². The molecule has 0 saturated carbocycles. The lowest BCUT2D eigenvalue weighted by molar-refractivity contribution is 0.196. The Morgan fingerprint density at radius 1 is 1.33 bits per heavy atom. The maximum absolute atomic E-state index is 8.90. The van der Waals surface area contributed by atoms with Crippen molar-refractivity contribution in [2.45, 2.75) is 20.0 Å². The molecule has 148 valence electrons. The molecule has 8 heteroatoms. The van der Waals surface area contributed by atoms with Crippen molar-refractivity contribution in [2.75, 3.05) is 33.9 Å². The van der Waals surface area contributed by atoms with Gasteiger partial charge in [-0.25, -0.2) is 4.99 Å². The molecule has 0 saturated heterocycles. The topological polar surface area (TPSA) is 84.1 Å². The zero-order valence-electron chi connectivity index (χ0n) is 16.5. The molecule has 0 aliphatic carbocycles. The summed E-state index contributed by atoms with van der Waals surface area (Å²) in [5, 5.41) is 16.4. The minimum atomic E-state index is -0.0372. The summed E-state index contributed by atoms with van der Waals surface area (Å²) in [6.45, 7) is 4.26. The first kappa shape index (κ1) is 20.6. The van der Waals surface area contributed by atoms with Crippen molar-refractivity contribution >= 4 is 5.96 Å². The first-order valence-electron chi connectivity index (χ1n) is 8.95. The van der Waals surface area contributed by atoms with Gasteiger partial charge in [-0.2, -0.15) is 5.10 Å². The highest BCUT2D eigenvalue weighted by molar-refractivity contribution is 5.79. The molecule has 1 heterocycles. The van der Waals surface area contributed by atoms with Gasteiger partial charge in [0.05, 0.1) is 26.5 Å². The summed E-state index contributed by atoms with van der Waals surface area (Å²) in [5.41, 5.74) is 2.13. The lowest BCUT2D eigenvalue weighted by atomic mass is 10.2. The number of guanidine groups is 1. The van der Waals surface area contributed by atoms with Crippen LogP contribution in [0.4, 0.5) is 0 Å². The highest BCUT2D eigenvalue weighted by Crippen LogP contribution is 2.28. The fourth-order valence-electron chi connectivity index (χ4n) is 2.62. The van der Waals surface area contributed by atoms with E-state index in [0.29, 0.717) is 18.0 Å². The van der Waals surface area contributed by atoms with Crippen LogP contribution in [0.25, 0.3) is 0 Å². The number of methoxy groups -OCH3 is 1. The number of nitrogens with zero attached hydrogens (tertiary/aromatic N) is 4. The molecule has 0 aliphatic rings. The molecule has 27 heavy (non-hydrogen) atoms. The highest BCUT2D eigenvalue weighted by Gasteiger charge is 2.09. The van der Waals surface area contributed by atoms with Crippen LogP contribution in [-0.4, -0.2) is 59.7 Å². The summed E-state index contributed by atoms with van der Waals surface area (Å²) in [6, 6.07) is 5.69. The number of rotatable bonds is 9. The van der Waals surface area contributed by atoms with Gasteiger partial charge >= 0.3 is 0 Å². The molecule has 1 aromatic carbocycles. The number of aryl methyl sites for hydroxylation is 1.